The normalized spacial score (nSPS) is 15.1. The Morgan fingerprint density at radius 2 is 1.46 bits per heavy atom. The van der Waals surface area contributed by atoms with Crippen molar-refractivity contribution in [3.63, 3.8) is 0 Å². The molecule has 0 spiro atoms. The van der Waals surface area contributed by atoms with Gasteiger partial charge in [0, 0.05) is 25.1 Å². The second kappa shape index (κ2) is 14.0. The van der Waals surface area contributed by atoms with E-state index in [1.165, 1.54) is 11.9 Å². The molecule has 0 aliphatic rings. The van der Waals surface area contributed by atoms with Gasteiger partial charge in [-0.25, -0.2) is 9.59 Å². The summed E-state index contributed by atoms with van der Waals surface area (Å²) in [6, 6.07) is -2.35. The molecule has 0 saturated carbocycles. The van der Waals surface area contributed by atoms with Crippen molar-refractivity contribution < 1.29 is 28.7 Å². The van der Waals surface area contributed by atoms with Gasteiger partial charge in [0.2, 0.25) is 11.8 Å². The molecule has 9 nitrogen and oxygen atoms in total. The van der Waals surface area contributed by atoms with E-state index in [2.05, 4.69) is 11.9 Å². The van der Waals surface area contributed by atoms with Gasteiger partial charge in [-0.1, -0.05) is 60.6 Å². The SMILES string of the molecule is C=CC(C)(C)[C@@H](C(=O)N[C@H](C(=O)N(C)[C@H](/C=C(\C)C(=O)OCC)C(C)C)C(C)(C)C)N(C)C(=O)OC(C)(C)C. The molecule has 39 heavy (non-hydrogen) atoms. The van der Waals surface area contributed by atoms with Crippen molar-refractivity contribution >= 4 is 23.9 Å². The molecule has 0 aliphatic carbocycles. The van der Waals surface area contributed by atoms with Crippen LogP contribution in [0.1, 0.15) is 83.1 Å². The van der Waals surface area contributed by atoms with Gasteiger partial charge in [0.25, 0.3) is 0 Å². The second-order valence-electron chi connectivity index (χ2n) is 13.1. The zero-order chi connectivity index (χ0) is 31.1. The van der Waals surface area contributed by atoms with E-state index in [4.69, 9.17) is 9.47 Å². The van der Waals surface area contributed by atoms with Crippen LogP contribution in [0.5, 0.6) is 0 Å². The van der Waals surface area contributed by atoms with Crippen LogP contribution in [-0.2, 0) is 23.9 Å². The van der Waals surface area contributed by atoms with Gasteiger partial charge in [-0.2, -0.15) is 0 Å². The molecule has 1 N–H and O–H groups in total. The summed E-state index contributed by atoms with van der Waals surface area (Å²) >= 11 is 0. The lowest BCUT2D eigenvalue weighted by Crippen LogP contribution is -2.62. The number of rotatable bonds is 11. The molecule has 3 atom stereocenters. The molecule has 0 radical (unpaired) electrons. The van der Waals surface area contributed by atoms with Crippen molar-refractivity contribution in [1.29, 1.82) is 0 Å². The molecule has 0 rings (SSSR count). The van der Waals surface area contributed by atoms with Crippen LogP contribution in [-0.4, -0.2) is 78.1 Å². The van der Waals surface area contributed by atoms with E-state index in [9.17, 15) is 19.2 Å². The molecule has 0 heterocycles. The number of esters is 1. The highest BCUT2D eigenvalue weighted by molar-refractivity contribution is 5.93. The Balaban J connectivity index is 6.40. The molecule has 0 unspecified atom stereocenters. The van der Waals surface area contributed by atoms with E-state index in [0.29, 0.717) is 5.57 Å². The Morgan fingerprint density at radius 1 is 0.949 bits per heavy atom. The van der Waals surface area contributed by atoms with E-state index in [-0.39, 0.29) is 18.4 Å². The number of carbonyl (C=O) groups is 4. The lowest BCUT2D eigenvalue weighted by molar-refractivity contribution is -0.142. The van der Waals surface area contributed by atoms with Crippen molar-refractivity contribution in [1.82, 2.24) is 15.1 Å². The minimum Gasteiger partial charge on any atom is -0.463 e. The molecule has 0 saturated heterocycles. The summed E-state index contributed by atoms with van der Waals surface area (Å²) in [4.78, 5) is 55.7. The highest BCUT2D eigenvalue weighted by Gasteiger charge is 2.44. The largest absolute Gasteiger partial charge is 0.463 e. The van der Waals surface area contributed by atoms with Crippen LogP contribution >= 0.6 is 0 Å². The fraction of sp³-hybridized carbons (Fsp3) is 0.733. The summed E-state index contributed by atoms with van der Waals surface area (Å²) in [5, 5.41) is 2.93. The fourth-order valence-electron chi connectivity index (χ4n) is 4.10. The highest BCUT2D eigenvalue weighted by atomic mass is 16.6. The molecule has 0 aromatic carbocycles. The van der Waals surface area contributed by atoms with E-state index in [0.717, 1.165) is 0 Å². The summed E-state index contributed by atoms with van der Waals surface area (Å²) in [6.07, 6.45) is 2.67. The van der Waals surface area contributed by atoms with Crippen molar-refractivity contribution in [3.05, 3.63) is 24.3 Å². The monoisotopic (exact) mass is 551 g/mol. The van der Waals surface area contributed by atoms with Gasteiger partial charge in [-0.3, -0.25) is 14.5 Å². The number of nitrogens with one attached hydrogen (secondary N) is 1. The predicted molar refractivity (Wildman–Crippen MR) is 155 cm³/mol. The lowest BCUT2D eigenvalue weighted by atomic mass is 9.81. The number of carbonyl (C=O) groups excluding carboxylic acids is 4. The third kappa shape index (κ3) is 10.7. The Bertz CT molecular complexity index is 924. The third-order valence-electron chi connectivity index (χ3n) is 6.44. The molecule has 9 heteroatoms. The predicted octanol–water partition coefficient (Wildman–Crippen LogP) is 4.96. The summed E-state index contributed by atoms with van der Waals surface area (Å²) < 4.78 is 10.6. The van der Waals surface area contributed by atoms with Gasteiger partial charge in [-0.05, 0) is 46.0 Å². The van der Waals surface area contributed by atoms with Gasteiger partial charge < -0.3 is 19.7 Å². The topological polar surface area (TPSA) is 105 Å². The van der Waals surface area contributed by atoms with Crippen LogP contribution in [0, 0.1) is 16.7 Å². The first-order valence-electron chi connectivity index (χ1n) is 13.5. The molecule has 0 aromatic rings. The molecular formula is C30H53N3O6. The molecule has 3 amide bonds. The van der Waals surface area contributed by atoms with Crippen LogP contribution in [0.3, 0.4) is 0 Å². The zero-order valence-corrected chi connectivity index (χ0v) is 26.7. The number of likely N-dealkylation sites (N-methyl/N-ethyl adjacent to an activating group) is 2. The minimum atomic E-state index is -1.00. The van der Waals surface area contributed by atoms with Gasteiger partial charge in [0.05, 0.1) is 12.6 Å². The van der Waals surface area contributed by atoms with Crippen molar-refractivity contribution in [3.8, 4) is 0 Å². The van der Waals surface area contributed by atoms with Crippen LogP contribution < -0.4 is 5.32 Å². The summed E-state index contributed by atoms with van der Waals surface area (Å²) in [6.45, 7) is 25.8. The van der Waals surface area contributed by atoms with Crippen LogP contribution in [0.4, 0.5) is 4.79 Å². The van der Waals surface area contributed by atoms with Crippen molar-refractivity contribution in [2.24, 2.45) is 16.7 Å². The summed E-state index contributed by atoms with van der Waals surface area (Å²) in [5.41, 5.74) is -1.86. The van der Waals surface area contributed by atoms with Crippen LogP contribution in [0.25, 0.3) is 0 Å². The highest BCUT2D eigenvalue weighted by Crippen LogP contribution is 2.29. The minimum absolute atomic E-state index is 0.0228. The quantitative estimate of drug-likeness (QED) is 0.221. The Kier molecular flexibility index (Phi) is 13.0. The molecule has 0 bridgehead atoms. The van der Waals surface area contributed by atoms with Crippen molar-refractivity contribution in [2.75, 3.05) is 20.7 Å². The molecule has 0 aromatic heterocycles. The maximum atomic E-state index is 13.9. The summed E-state index contributed by atoms with van der Waals surface area (Å²) in [5.74, 6) is -1.29. The maximum Gasteiger partial charge on any atom is 0.410 e. The first-order chi connectivity index (χ1) is 17.5. The number of hydrogen-bond acceptors (Lipinski definition) is 6. The molecule has 0 fully saturated rings. The third-order valence-corrected chi connectivity index (χ3v) is 6.44. The maximum absolute atomic E-state index is 13.9. The van der Waals surface area contributed by atoms with E-state index in [1.807, 2.05) is 34.6 Å². The first-order valence-corrected chi connectivity index (χ1v) is 13.5. The smallest absolute Gasteiger partial charge is 0.410 e. The zero-order valence-electron chi connectivity index (χ0n) is 26.7. The Hall–Kier alpha value is -2.84. The lowest BCUT2D eigenvalue weighted by Gasteiger charge is -2.41. The van der Waals surface area contributed by atoms with Gasteiger partial charge in [-0.15, -0.1) is 6.58 Å². The van der Waals surface area contributed by atoms with Gasteiger partial charge in [0.15, 0.2) is 0 Å². The summed E-state index contributed by atoms with van der Waals surface area (Å²) in [7, 11) is 3.16. The second-order valence-corrected chi connectivity index (χ2v) is 13.1. The van der Waals surface area contributed by atoms with E-state index >= 15 is 0 Å². The number of amides is 3. The standard InChI is InChI=1S/C30H53N3O6/c1-16-30(12,13)23(33(15)27(37)39-29(9,10)11)24(34)31-22(28(6,7)8)25(35)32(14)21(19(3)4)18-20(5)26(36)38-17-2/h16,18-19,21-23H,1,17H2,2-15H3,(H,31,34)/b20-18+/t21-,22-,23-/m1/s1. The number of nitrogens with zero attached hydrogens (tertiary/aromatic N) is 2. The van der Waals surface area contributed by atoms with E-state index < -0.39 is 52.5 Å². The van der Waals surface area contributed by atoms with Crippen molar-refractivity contribution in [2.45, 2.75) is 107 Å². The van der Waals surface area contributed by atoms with Gasteiger partial charge in [0.1, 0.15) is 17.7 Å². The Morgan fingerprint density at radius 3 is 1.85 bits per heavy atom. The molecule has 0 aliphatic heterocycles. The average molecular weight is 552 g/mol. The first kappa shape index (κ1) is 36.2. The average Bonchev–Trinajstić information content (AvgIpc) is 2.77. The van der Waals surface area contributed by atoms with Crippen LogP contribution in [0.15, 0.2) is 24.3 Å². The fourth-order valence-corrected chi connectivity index (χ4v) is 4.10. The molecule has 224 valence electrons. The Labute approximate surface area is 236 Å². The van der Waals surface area contributed by atoms with E-state index in [1.54, 1.807) is 72.6 Å². The number of hydrogen-bond donors (Lipinski definition) is 1. The number of ether oxygens (including phenoxy) is 2. The van der Waals surface area contributed by atoms with Crippen LogP contribution in [0.2, 0.25) is 0 Å². The van der Waals surface area contributed by atoms with Gasteiger partial charge >= 0.3 is 12.1 Å². The molecular weight excluding hydrogens is 498 g/mol.